The molecule has 0 spiro atoms. The lowest BCUT2D eigenvalue weighted by molar-refractivity contribution is 0.272. The van der Waals surface area contributed by atoms with Gasteiger partial charge in [0.1, 0.15) is 0 Å². The zero-order valence-electron chi connectivity index (χ0n) is 10.5. The number of benzene rings is 2. The van der Waals surface area contributed by atoms with Crippen molar-refractivity contribution in [3.05, 3.63) is 65.7 Å². The van der Waals surface area contributed by atoms with E-state index in [4.69, 9.17) is 0 Å². The minimum Gasteiger partial charge on any atom is -0.372 e. The Morgan fingerprint density at radius 3 is 2.44 bits per heavy atom. The molecule has 0 amide bonds. The fourth-order valence-electron chi connectivity index (χ4n) is 2.45. The van der Waals surface area contributed by atoms with Crippen LogP contribution < -0.4 is 5.32 Å². The molecule has 0 saturated heterocycles. The van der Waals surface area contributed by atoms with Crippen LogP contribution in [0.4, 0.5) is 5.69 Å². The highest BCUT2D eigenvalue weighted by Gasteiger charge is 2.14. The zero-order chi connectivity index (χ0) is 12.2. The lowest BCUT2D eigenvalue weighted by Crippen LogP contribution is -2.34. The van der Waals surface area contributed by atoms with E-state index in [0.717, 1.165) is 26.2 Å². The summed E-state index contributed by atoms with van der Waals surface area (Å²) in [5, 5.41) is 3.47. The fourth-order valence-corrected chi connectivity index (χ4v) is 2.45. The van der Waals surface area contributed by atoms with Crippen LogP contribution >= 0.6 is 0 Å². The second kappa shape index (κ2) is 5.23. The summed E-state index contributed by atoms with van der Waals surface area (Å²) in [6, 6.07) is 19.1. The van der Waals surface area contributed by atoms with Gasteiger partial charge in [-0.2, -0.15) is 0 Å². The van der Waals surface area contributed by atoms with Crippen molar-refractivity contribution >= 4 is 5.69 Å². The summed E-state index contributed by atoms with van der Waals surface area (Å²) in [4.78, 5) is 2.45. The number of rotatable bonds is 3. The van der Waals surface area contributed by atoms with Gasteiger partial charge in [-0.25, -0.2) is 0 Å². The molecule has 3 rings (SSSR count). The molecule has 0 saturated carbocycles. The number of hydrogen-bond acceptors (Lipinski definition) is 2. The maximum absolute atomic E-state index is 3.47. The highest BCUT2D eigenvalue weighted by Crippen LogP contribution is 2.18. The molecule has 92 valence electrons. The van der Waals surface area contributed by atoms with Crippen LogP contribution in [0.5, 0.6) is 0 Å². The average Bonchev–Trinajstić information content (AvgIpc) is 2.46. The summed E-state index contributed by atoms with van der Waals surface area (Å²) in [5.74, 6) is 0. The van der Waals surface area contributed by atoms with Crippen LogP contribution in [0.3, 0.4) is 0 Å². The molecular formula is C16H18N2. The molecule has 0 atom stereocenters. The van der Waals surface area contributed by atoms with E-state index < -0.39 is 0 Å². The number of anilines is 1. The molecule has 1 N–H and O–H groups in total. The fraction of sp³-hybridized carbons (Fsp3) is 0.250. The van der Waals surface area contributed by atoms with E-state index >= 15 is 0 Å². The molecule has 18 heavy (non-hydrogen) atoms. The van der Waals surface area contributed by atoms with Crippen molar-refractivity contribution in [1.82, 2.24) is 4.90 Å². The average molecular weight is 238 g/mol. The van der Waals surface area contributed by atoms with E-state index in [9.17, 15) is 0 Å². The monoisotopic (exact) mass is 238 g/mol. The van der Waals surface area contributed by atoms with Crippen LogP contribution in [0.25, 0.3) is 0 Å². The summed E-state index contributed by atoms with van der Waals surface area (Å²) in [6.45, 7) is 3.10. The number of nitrogens with one attached hydrogen (secondary N) is 1. The number of para-hydroxylation sites is 1. The van der Waals surface area contributed by atoms with E-state index in [0.29, 0.717) is 0 Å². The Labute approximate surface area is 108 Å². The van der Waals surface area contributed by atoms with Crippen LogP contribution in [-0.2, 0) is 13.0 Å². The number of nitrogens with zero attached hydrogens (tertiary/aromatic N) is 1. The van der Waals surface area contributed by atoms with Gasteiger partial charge in [-0.15, -0.1) is 0 Å². The van der Waals surface area contributed by atoms with E-state index in [1.807, 2.05) is 6.07 Å². The SMILES string of the molecule is c1ccc(NCN2CCc3ccccc3C2)cc1. The predicted octanol–water partition coefficient (Wildman–Crippen LogP) is 3.11. The van der Waals surface area contributed by atoms with Gasteiger partial charge in [0.15, 0.2) is 0 Å². The van der Waals surface area contributed by atoms with E-state index in [-0.39, 0.29) is 0 Å². The summed E-state index contributed by atoms with van der Waals surface area (Å²) in [5.41, 5.74) is 4.17. The van der Waals surface area contributed by atoms with Gasteiger partial charge in [0.25, 0.3) is 0 Å². The first-order valence-electron chi connectivity index (χ1n) is 6.50. The summed E-state index contributed by atoms with van der Waals surface area (Å²) in [7, 11) is 0. The van der Waals surface area contributed by atoms with Gasteiger partial charge in [-0.1, -0.05) is 42.5 Å². The Morgan fingerprint density at radius 1 is 0.889 bits per heavy atom. The Morgan fingerprint density at radius 2 is 1.61 bits per heavy atom. The molecule has 1 aliphatic rings. The first kappa shape index (κ1) is 11.3. The highest BCUT2D eigenvalue weighted by molar-refractivity contribution is 5.42. The Balaban J connectivity index is 1.60. The molecule has 0 unspecified atom stereocenters. The standard InChI is InChI=1S/C16H18N2/c1-2-8-16(9-3-1)17-13-18-11-10-14-6-4-5-7-15(14)12-18/h1-9,17H,10-13H2. The smallest absolute Gasteiger partial charge is 0.0681 e. The zero-order valence-corrected chi connectivity index (χ0v) is 10.5. The molecule has 0 radical (unpaired) electrons. The normalized spacial score (nSPS) is 15.1. The quantitative estimate of drug-likeness (QED) is 0.884. The molecule has 0 aliphatic carbocycles. The molecule has 0 fully saturated rings. The van der Waals surface area contributed by atoms with Crippen LogP contribution in [-0.4, -0.2) is 18.1 Å². The lowest BCUT2D eigenvalue weighted by Gasteiger charge is -2.29. The van der Waals surface area contributed by atoms with Crippen molar-refractivity contribution < 1.29 is 0 Å². The van der Waals surface area contributed by atoms with E-state index in [1.54, 1.807) is 0 Å². The summed E-state index contributed by atoms with van der Waals surface area (Å²) >= 11 is 0. The van der Waals surface area contributed by atoms with Crippen molar-refractivity contribution in [2.45, 2.75) is 13.0 Å². The van der Waals surface area contributed by atoms with Crippen LogP contribution in [0.2, 0.25) is 0 Å². The number of hydrogen-bond donors (Lipinski definition) is 1. The van der Waals surface area contributed by atoms with Gasteiger partial charge in [0.05, 0.1) is 6.67 Å². The third kappa shape index (κ3) is 2.54. The maximum Gasteiger partial charge on any atom is 0.0681 e. The second-order valence-corrected chi connectivity index (χ2v) is 4.77. The molecule has 2 aromatic carbocycles. The Kier molecular flexibility index (Phi) is 3.29. The Bertz CT molecular complexity index is 508. The summed E-state index contributed by atoms with van der Waals surface area (Å²) in [6.07, 6.45) is 1.16. The van der Waals surface area contributed by atoms with Crippen molar-refractivity contribution in [2.75, 3.05) is 18.5 Å². The van der Waals surface area contributed by atoms with Gasteiger partial charge in [-0.3, -0.25) is 4.90 Å². The first-order valence-corrected chi connectivity index (χ1v) is 6.50. The summed E-state index contributed by atoms with van der Waals surface area (Å²) < 4.78 is 0. The van der Waals surface area contributed by atoms with E-state index in [1.165, 1.54) is 16.8 Å². The van der Waals surface area contributed by atoms with Gasteiger partial charge >= 0.3 is 0 Å². The maximum atomic E-state index is 3.47. The third-order valence-electron chi connectivity index (χ3n) is 3.49. The van der Waals surface area contributed by atoms with Gasteiger partial charge < -0.3 is 5.32 Å². The van der Waals surface area contributed by atoms with Gasteiger partial charge in [0, 0.05) is 18.8 Å². The second-order valence-electron chi connectivity index (χ2n) is 4.77. The third-order valence-corrected chi connectivity index (χ3v) is 3.49. The number of fused-ring (bicyclic) bond motifs is 1. The largest absolute Gasteiger partial charge is 0.372 e. The molecular weight excluding hydrogens is 220 g/mol. The van der Waals surface area contributed by atoms with E-state index in [2.05, 4.69) is 58.7 Å². The van der Waals surface area contributed by atoms with Crippen molar-refractivity contribution in [3.63, 3.8) is 0 Å². The molecule has 0 aromatic heterocycles. The van der Waals surface area contributed by atoms with Gasteiger partial charge in [-0.05, 0) is 29.7 Å². The topological polar surface area (TPSA) is 15.3 Å². The van der Waals surface area contributed by atoms with Gasteiger partial charge in [0.2, 0.25) is 0 Å². The molecule has 1 heterocycles. The Hall–Kier alpha value is -1.80. The van der Waals surface area contributed by atoms with Crippen LogP contribution in [0.1, 0.15) is 11.1 Å². The molecule has 2 nitrogen and oxygen atoms in total. The molecule has 2 heteroatoms. The molecule has 0 bridgehead atoms. The van der Waals surface area contributed by atoms with Crippen molar-refractivity contribution in [1.29, 1.82) is 0 Å². The van der Waals surface area contributed by atoms with Crippen molar-refractivity contribution in [2.24, 2.45) is 0 Å². The lowest BCUT2D eigenvalue weighted by atomic mass is 10.0. The van der Waals surface area contributed by atoms with Crippen LogP contribution in [0, 0.1) is 0 Å². The van der Waals surface area contributed by atoms with Crippen LogP contribution in [0.15, 0.2) is 54.6 Å². The molecule has 1 aliphatic heterocycles. The molecule has 2 aromatic rings. The van der Waals surface area contributed by atoms with Crippen molar-refractivity contribution in [3.8, 4) is 0 Å². The highest BCUT2D eigenvalue weighted by atomic mass is 15.2. The minimum atomic E-state index is 0.915. The predicted molar refractivity (Wildman–Crippen MR) is 75.5 cm³/mol. The first-order chi connectivity index (χ1) is 8.92. The minimum absolute atomic E-state index is 0.915.